The SMILES string of the molecule is CCN(C)C(=O)N(CC)C(C)Cc1ccc2c(c1)OCO2. The number of hydrogen-bond acceptors (Lipinski definition) is 3. The smallest absolute Gasteiger partial charge is 0.319 e. The molecule has 0 saturated heterocycles. The van der Waals surface area contributed by atoms with Gasteiger partial charge in [-0.3, -0.25) is 0 Å². The number of rotatable bonds is 5. The molecule has 1 aromatic carbocycles. The maximum Gasteiger partial charge on any atom is 0.319 e. The summed E-state index contributed by atoms with van der Waals surface area (Å²) in [6.45, 7) is 7.78. The normalized spacial score (nSPS) is 13.9. The van der Waals surface area contributed by atoms with Crippen molar-refractivity contribution in [2.24, 2.45) is 0 Å². The number of hydrogen-bond donors (Lipinski definition) is 0. The van der Waals surface area contributed by atoms with Gasteiger partial charge in [-0.15, -0.1) is 0 Å². The Hall–Kier alpha value is -1.91. The van der Waals surface area contributed by atoms with Crippen LogP contribution in [0.4, 0.5) is 4.79 Å². The first kappa shape index (κ1) is 15.5. The van der Waals surface area contributed by atoms with Crippen LogP contribution in [-0.4, -0.2) is 48.8 Å². The fraction of sp³-hybridized carbons (Fsp3) is 0.562. The summed E-state index contributed by atoms with van der Waals surface area (Å²) in [5.41, 5.74) is 1.15. The summed E-state index contributed by atoms with van der Waals surface area (Å²) >= 11 is 0. The molecule has 0 spiro atoms. The van der Waals surface area contributed by atoms with Crippen molar-refractivity contribution in [3.8, 4) is 11.5 Å². The second-order valence-corrected chi connectivity index (χ2v) is 5.32. The minimum absolute atomic E-state index is 0.0771. The zero-order chi connectivity index (χ0) is 15.4. The van der Waals surface area contributed by atoms with Crippen LogP contribution in [0.5, 0.6) is 11.5 Å². The molecule has 1 aliphatic rings. The van der Waals surface area contributed by atoms with E-state index in [2.05, 4.69) is 6.92 Å². The predicted molar refractivity (Wildman–Crippen MR) is 81.8 cm³/mol. The zero-order valence-electron chi connectivity index (χ0n) is 13.3. The van der Waals surface area contributed by atoms with Crippen LogP contribution in [0, 0.1) is 0 Å². The Morgan fingerprint density at radius 3 is 2.62 bits per heavy atom. The fourth-order valence-corrected chi connectivity index (χ4v) is 2.51. The molecule has 1 aromatic rings. The number of carbonyl (C=O) groups excluding carboxylic acids is 1. The molecule has 1 aliphatic heterocycles. The van der Waals surface area contributed by atoms with E-state index in [0.717, 1.165) is 23.5 Å². The van der Waals surface area contributed by atoms with Crippen molar-refractivity contribution < 1.29 is 14.3 Å². The third kappa shape index (κ3) is 3.40. The Bertz CT molecular complexity index is 504. The Balaban J connectivity index is 2.05. The standard InChI is InChI=1S/C16H24N2O3/c1-5-17(4)16(19)18(6-2)12(3)9-13-7-8-14-15(10-13)21-11-20-14/h7-8,10,12H,5-6,9,11H2,1-4H3. The molecule has 5 nitrogen and oxygen atoms in total. The molecular weight excluding hydrogens is 268 g/mol. The van der Waals surface area contributed by atoms with E-state index in [0.29, 0.717) is 13.1 Å². The molecule has 0 bridgehead atoms. The van der Waals surface area contributed by atoms with Crippen LogP contribution in [0.1, 0.15) is 26.3 Å². The molecule has 1 heterocycles. The third-order valence-corrected chi connectivity index (χ3v) is 3.89. The highest BCUT2D eigenvalue weighted by atomic mass is 16.7. The highest BCUT2D eigenvalue weighted by Gasteiger charge is 2.22. The number of urea groups is 1. The highest BCUT2D eigenvalue weighted by Crippen LogP contribution is 2.33. The van der Waals surface area contributed by atoms with Gasteiger partial charge in [0.1, 0.15) is 0 Å². The molecule has 0 radical (unpaired) electrons. The average Bonchev–Trinajstić information content (AvgIpc) is 2.94. The second kappa shape index (κ2) is 6.70. The number of nitrogens with zero attached hydrogens (tertiary/aromatic N) is 2. The van der Waals surface area contributed by atoms with E-state index in [1.165, 1.54) is 0 Å². The Morgan fingerprint density at radius 2 is 1.95 bits per heavy atom. The molecule has 2 rings (SSSR count). The minimum atomic E-state index is 0.0771. The Morgan fingerprint density at radius 1 is 1.24 bits per heavy atom. The lowest BCUT2D eigenvalue weighted by Crippen LogP contribution is -2.46. The molecule has 1 unspecified atom stereocenters. The van der Waals surface area contributed by atoms with E-state index >= 15 is 0 Å². The molecule has 0 saturated carbocycles. The van der Waals surface area contributed by atoms with Gasteiger partial charge in [-0.05, 0) is 44.9 Å². The van der Waals surface area contributed by atoms with E-state index in [1.54, 1.807) is 4.90 Å². The van der Waals surface area contributed by atoms with E-state index < -0.39 is 0 Å². The van der Waals surface area contributed by atoms with Crippen molar-refractivity contribution in [2.75, 3.05) is 26.9 Å². The number of carbonyl (C=O) groups is 1. The summed E-state index contributed by atoms with van der Waals surface area (Å²) < 4.78 is 10.7. The topological polar surface area (TPSA) is 42.0 Å². The van der Waals surface area contributed by atoms with Gasteiger partial charge in [-0.2, -0.15) is 0 Å². The lowest BCUT2D eigenvalue weighted by atomic mass is 10.1. The number of ether oxygens (including phenoxy) is 2. The van der Waals surface area contributed by atoms with Crippen LogP contribution in [0.2, 0.25) is 0 Å². The van der Waals surface area contributed by atoms with Crippen LogP contribution in [0.15, 0.2) is 18.2 Å². The zero-order valence-corrected chi connectivity index (χ0v) is 13.3. The average molecular weight is 292 g/mol. The van der Waals surface area contributed by atoms with Crippen molar-refractivity contribution in [2.45, 2.75) is 33.2 Å². The largest absolute Gasteiger partial charge is 0.454 e. The van der Waals surface area contributed by atoms with Gasteiger partial charge in [0.15, 0.2) is 11.5 Å². The van der Waals surface area contributed by atoms with Crippen LogP contribution in [0.3, 0.4) is 0 Å². The molecule has 0 aliphatic carbocycles. The molecule has 0 fully saturated rings. The van der Waals surface area contributed by atoms with Gasteiger partial charge in [0, 0.05) is 26.2 Å². The number of amides is 2. The predicted octanol–water partition coefficient (Wildman–Crippen LogP) is 2.74. The maximum atomic E-state index is 12.3. The van der Waals surface area contributed by atoms with E-state index in [4.69, 9.17) is 9.47 Å². The first-order chi connectivity index (χ1) is 10.1. The monoisotopic (exact) mass is 292 g/mol. The minimum Gasteiger partial charge on any atom is -0.454 e. The van der Waals surface area contributed by atoms with Gasteiger partial charge in [-0.1, -0.05) is 6.07 Å². The molecule has 5 heteroatoms. The van der Waals surface area contributed by atoms with E-state index in [9.17, 15) is 4.79 Å². The van der Waals surface area contributed by atoms with Crippen LogP contribution < -0.4 is 9.47 Å². The van der Waals surface area contributed by atoms with Gasteiger partial charge < -0.3 is 19.3 Å². The van der Waals surface area contributed by atoms with E-state index in [1.807, 2.05) is 44.0 Å². The van der Waals surface area contributed by atoms with Gasteiger partial charge in [0.25, 0.3) is 0 Å². The third-order valence-electron chi connectivity index (χ3n) is 3.89. The summed E-state index contributed by atoms with van der Waals surface area (Å²) in [6, 6.07) is 6.18. The Kier molecular flexibility index (Phi) is 4.94. The van der Waals surface area contributed by atoms with Crippen molar-refractivity contribution in [1.82, 2.24) is 9.80 Å². The molecule has 0 N–H and O–H groups in total. The van der Waals surface area contributed by atoms with Crippen molar-refractivity contribution in [3.63, 3.8) is 0 Å². The molecule has 116 valence electrons. The van der Waals surface area contributed by atoms with Gasteiger partial charge in [-0.25, -0.2) is 4.79 Å². The second-order valence-electron chi connectivity index (χ2n) is 5.32. The fourth-order valence-electron chi connectivity index (χ4n) is 2.51. The number of likely N-dealkylation sites (N-methyl/N-ethyl adjacent to an activating group) is 1. The molecule has 21 heavy (non-hydrogen) atoms. The summed E-state index contributed by atoms with van der Waals surface area (Å²) in [6.07, 6.45) is 0.799. The number of benzene rings is 1. The first-order valence-corrected chi connectivity index (χ1v) is 7.47. The summed E-state index contributed by atoms with van der Waals surface area (Å²) in [7, 11) is 1.83. The quantitative estimate of drug-likeness (QED) is 0.838. The maximum absolute atomic E-state index is 12.3. The van der Waals surface area contributed by atoms with Gasteiger partial charge >= 0.3 is 6.03 Å². The van der Waals surface area contributed by atoms with E-state index in [-0.39, 0.29) is 18.9 Å². The molecular formula is C16H24N2O3. The van der Waals surface area contributed by atoms with Gasteiger partial charge in [0.2, 0.25) is 6.79 Å². The molecule has 0 aromatic heterocycles. The van der Waals surface area contributed by atoms with Crippen molar-refractivity contribution in [1.29, 1.82) is 0 Å². The molecule has 1 atom stereocenters. The number of fused-ring (bicyclic) bond motifs is 1. The van der Waals surface area contributed by atoms with Gasteiger partial charge in [0.05, 0.1) is 0 Å². The summed E-state index contributed by atoms with van der Waals surface area (Å²) in [5, 5.41) is 0. The highest BCUT2D eigenvalue weighted by molar-refractivity contribution is 5.74. The Labute approximate surface area is 126 Å². The van der Waals surface area contributed by atoms with Crippen LogP contribution >= 0.6 is 0 Å². The van der Waals surface area contributed by atoms with Crippen molar-refractivity contribution in [3.05, 3.63) is 23.8 Å². The molecule has 2 amide bonds. The van der Waals surface area contributed by atoms with Crippen molar-refractivity contribution >= 4 is 6.03 Å². The lowest BCUT2D eigenvalue weighted by molar-refractivity contribution is 0.150. The van der Waals surface area contributed by atoms with Crippen LogP contribution in [0.25, 0.3) is 0 Å². The lowest BCUT2D eigenvalue weighted by Gasteiger charge is -2.32. The summed E-state index contributed by atoms with van der Waals surface area (Å²) in [4.78, 5) is 16.0. The summed E-state index contributed by atoms with van der Waals surface area (Å²) in [5.74, 6) is 1.58. The first-order valence-electron chi connectivity index (χ1n) is 7.47. The van der Waals surface area contributed by atoms with Crippen LogP contribution in [-0.2, 0) is 6.42 Å².